The molecule has 0 spiro atoms. The fourth-order valence-electron chi connectivity index (χ4n) is 3.50. The SMILES string of the molecule is O=C(C=Cc1ccc(S(=O)(=O)N2CCCCCC2)cc1)OCc1cc(=O)n2ccsc2n1. The number of ether oxygens (including phenoxy) is 1. The van der Waals surface area contributed by atoms with Gasteiger partial charge in [-0.2, -0.15) is 4.31 Å². The summed E-state index contributed by atoms with van der Waals surface area (Å²) < 4.78 is 33.8. The van der Waals surface area contributed by atoms with E-state index in [-0.39, 0.29) is 17.1 Å². The normalized spacial score (nSPS) is 15.8. The minimum atomic E-state index is -3.50. The van der Waals surface area contributed by atoms with Gasteiger partial charge in [-0.3, -0.25) is 9.20 Å². The summed E-state index contributed by atoms with van der Waals surface area (Å²) in [5, 5.41) is 1.76. The molecule has 1 aliphatic heterocycles. The molecule has 3 aromatic rings. The highest BCUT2D eigenvalue weighted by molar-refractivity contribution is 7.89. The van der Waals surface area contributed by atoms with Crippen molar-refractivity contribution in [2.75, 3.05) is 13.1 Å². The number of sulfonamides is 1. The standard InChI is InChI=1S/C22H23N3O5S2/c26-20-15-18(23-22-25(20)13-14-31-22)16-30-21(27)10-7-17-5-8-19(9-6-17)32(28,29)24-11-3-1-2-4-12-24/h5-10,13-15H,1-4,11-12,16H2. The summed E-state index contributed by atoms with van der Waals surface area (Å²) in [7, 11) is -3.50. The molecule has 10 heteroatoms. The van der Waals surface area contributed by atoms with Crippen LogP contribution in [0.3, 0.4) is 0 Å². The molecule has 3 heterocycles. The van der Waals surface area contributed by atoms with Gasteiger partial charge in [0.2, 0.25) is 10.0 Å². The zero-order valence-corrected chi connectivity index (χ0v) is 19.0. The molecule has 2 aromatic heterocycles. The second-order valence-electron chi connectivity index (χ2n) is 7.47. The van der Waals surface area contributed by atoms with Gasteiger partial charge in [0.1, 0.15) is 6.61 Å². The van der Waals surface area contributed by atoms with Crippen molar-refractivity contribution in [3.8, 4) is 0 Å². The molecule has 1 fully saturated rings. The molecule has 0 N–H and O–H groups in total. The van der Waals surface area contributed by atoms with E-state index < -0.39 is 16.0 Å². The molecule has 32 heavy (non-hydrogen) atoms. The van der Waals surface area contributed by atoms with E-state index in [1.54, 1.807) is 46.2 Å². The lowest BCUT2D eigenvalue weighted by Gasteiger charge is -2.19. The van der Waals surface area contributed by atoms with E-state index in [4.69, 9.17) is 4.74 Å². The summed E-state index contributed by atoms with van der Waals surface area (Å²) >= 11 is 1.32. The van der Waals surface area contributed by atoms with E-state index in [1.807, 2.05) is 0 Å². The lowest BCUT2D eigenvalue weighted by atomic mass is 10.2. The monoisotopic (exact) mass is 473 g/mol. The number of hydrogen-bond acceptors (Lipinski definition) is 7. The summed E-state index contributed by atoms with van der Waals surface area (Å²) in [5.41, 5.74) is 0.823. The van der Waals surface area contributed by atoms with Gasteiger partial charge in [-0.25, -0.2) is 18.2 Å². The molecule has 1 saturated heterocycles. The Morgan fingerprint density at radius 3 is 2.56 bits per heavy atom. The van der Waals surface area contributed by atoms with Crippen molar-refractivity contribution in [1.29, 1.82) is 0 Å². The zero-order chi connectivity index (χ0) is 22.6. The summed E-state index contributed by atoms with van der Waals surface area (Å²) in [6.07, 6.45) is 8.33. The number of nitrogens with zero attached hydrogens (tertiary/aromatic N) is 3. The third-order valence-electron chi connectivity index (χ3n) is 5.21. The smallest absolute Gasteiger partial charge is 0.331 e. The van der Waals surface area contributed by atoms with Crippen LogP contribution in [-0.4, -0.2) is 41.2 Å². The first-order valence-corrected chi connectivity index (χ1v) is 12.7. The maximum absolute atomic E-state index is 12.8. The van der Waals surface area contributed by atoms with Crippen LogP contribution in [0.4, 0.5) is 0 Å². The second-order valence-corrected chi connectivity index (χ2v) is 10.3. The Balaban J connectivity index is 1.36. The Bertz CT molecular complexity index is 1290. The van der Waals surface area contributed by atoms with Gasteiger partial charge in [-0.1, -0.05) is 25.0 Å². The van der Waals surface area contributed by atoms with E-state index in [2.05, 4.69) is 4.98 Å². The molecule has 1 aliphatic rings. The van der Waals surface area contributed by atoms with Crippen molar-refractivity contribution in [2.24, 2.45) is 0 Å². The Labute approximate surface area is 189 Å². The summed E-state index contributed by atoms with van der Waals surface area (Å²) in [5.74, 6) is -0.584. The van der Waals surface area contributed by atoms with Crippen molar-refractivity contribution in [1.82, 2.24) is 13.7 Å². The minimum absolute atomic E-state index is 0.111. The average Bonchev–Trinajstić information content (AvgIpc) is 3.09. The molecule has 4 rings (SSSR count). The molecular formula is C22H23N3O5S2. The van der Waals surface area contributed by atoms with Gasteiger partial charge in [-0.05, 0) is 36.6 Å². The molecular weight excluding hydrogens is 450 g/mol. The first kappa shape index (κ1) is 22.4. The van der Waals surface area contributed by atoms with Gasteiger partial charge in [0.05, 0.1) is 10.6 Å². The van der Waals surface area contributed by atoms with Crippen LogP contribution in [0.1, 0.15) is 36.9 Å². The van der Waals surface area contributed by atoms with E-state index in [9.17, 15) is 18.0 Å². The van der Waals surface area contributed by atoms with Gasteiger partial charge in [-0.15, -0.1) is 11.3 Å². The molecule has 168 valence electrons. The van der Waals surface area contributed by atoms with Gasteiger partial charge in [0.25, 0.3) is 5.56 Å². The Kier molecular flexibility index (Phi) is 6.83. The van der Waals surface area contributed by atoms with Crippen LogP contribution in [0.5, 0.6) is 0 Å². The quantitative estimate of drug-likeness (QED) is 0.403. The first-order chi connectivity index (χ1) is 15.4. The highest BCUT2D eigenvalue weighted by Crippen LogP contribution is 2.21. The van der Waals surface area contributed by atoms with Crippen molar-refractivity contribution >= 4 is 38.4 Å². The number of esters is 1. The predicted molar refractivity (Wildman–Crippen MR) is 122 cm³/mol. The summed E-state index contributed by atoms with van der Waals surface area (Å²) in [6.45, 7) is 0.993. The number of thiazole rings is 1. The van der Waals surface area contributed by atoms with Crippen LogP contribution >= 0.6 is 11.3 Å². The summed E-state index contributed by atoms with van der Waals surface area (Å²) in [6, 6.07) is 7.75. The number of fused-ring (bicyclic) bond motifs is 1. The fourth-order valence-corrected chi connectivity index (χ4v) is 5.76. The van der Waals surface area contributed by atoms with E-state index >= 15 is 0 Å². The third kappa shape index (κ3) is 5.14. The van der Waals surface area contributed by atoms with Crippen LogP contribution in [0.2, 0.25) is 0 Å². The van der Waals surface area contributed by atoms with E-state index in [0.29, 0.717) is 29.3 Å². The van der Waals surface area contributed by atoms with Crippen molar-refractivity contribution in [3.63, 3.8) is 0 Å². The molecule has 0 unspecified atom stereocenters. The van der Waals surface area contributed by atoms with Gasteiger partial charge < -0.3 is 4.74 Å². The molecule has 0 bridgehead atoms. The van der Waals surface area contributed by atoms with Crippen molar-refractivity contribution in [2.45, 2.75) is 37.2 Å². The maximum atomic E-state index is 12.8. The molecule has 8 nitrogen and oxygen atoms in total. The lowest BCUT2D eigenvalue weighted by Crippen LogP contribution is -2.31. The topological polar surface area (TPSA) is 98.0 Å². The van der Waals surface area contributed by atoms with Gasteiger partial charge >= 0.3 is 5.97 Å². The number of aromatic nitrogens is 2. The zero-order valence-electron chi connectivity index (χ0n) is 17.3. The number of carbonyl (C=O) groups is 1. The van der Waals surface area contributed by atoms with Crippen LogP contribution in [0.25, 0.3) is 11.0 Å². The Hall–Kier alpha value is -2.82. The summed E-state index contributed by atoms with van der Waals surface area (Å²) in [4.78, 5) is 29.1. The van der Waals surface area contributed by atoms with Gasteiger partial charge in [0.15, 0.2) is 4.96 Å². The van der Waals surface area contributed by atoms with E-state index in [0.717, 1.165) is 25.7 Å². The molecule has 1 aromatic carbocycles. The number of carbonyl (C=O) groups excluding carboxylic acids is 1. The van der Waals surface area contributed by atoms with Crippen molar-refractivity contribution in [3.05, 3.63) is 69.6 Å². The maximum Gasteiger partial charge on any atom is 0.331 e. The number of benzene rings is 1. The molecule has 0 amide bonds. The predicted octanol–water partition coefficient (Wildman–Crippen LogP) is 3.08. The van der Waals surface area contributed by atoms with Crippen LogP contribution in [0, 0.1) is 0 Å². The average molecular weight is 474 g/mol. The highest BCUT2D eigenvalue weighted by atomic mass is 32.2. The first-order valence-electron chi connectivity index (χ1n) is 10.3. The van der Waals surface area contributed by atoms with E-state index in [1.165, 1.54) is 27.9 Å². The third-order valence-corrected chi connectivity index (χ3v) is 7.88. The van der Waals surface area contributed by atoms with Crippen LogP contribution in [0.15, 0.2) is 57.7 Å². The molecule has 0 aliphatic carbocycles. The van der Waals surface area contributed by atoms with Crippen molar-refractivity contribution < 1.29 is 17.9 Å². The number of rotatable bonds is 6. The fraction of sp³-hybridized carbons (Fsp3) is 0.318. The van der Waals surface area contributed by atoms with Crippen LogP contribution < -0.4 is 5.56 Å². The molecule has 0 radical (unpaired) electrons. The molecule has 0 saturated carbocycles. The Morgan fingerprint density at radius 2 is 1.84 bits per heavy atom. The highest BCUT2D eigenvalue weighted by Gasteiger charge is 2.24. The number of hydrogen-bond donors (Lipinski definition) is 0. The molecule has 0 atom stereocenters. The second kappa shape index (κ2) is 9.76. The van der Waals surface area contributed by atoms with Crippen LogP contribution in [-0.2, 0) is 26.2 Å². The minimum Gasteiger partial charge on any atom is -0.456 e. The lowest BCUT2D eigenvalue weighted by molar-refractivity contribution is -0.139. The Morgan fingerprint density at radius 1 is 1.12 bits per heavy atom. The van der Waals surface area contributed by atoms with Gasteiger partial charge in [0, 0.05) is 36.8 Å². The largest absolute Gasteiger partial charge is 0.456 e.